The number of aryl methyl sites for hydroxylation is 1. The van der Waals surface area contributed by atoms with Crippen molar-refractivity contribution in [2.75, 3.05) is 18.6 Å². The molecule has 0 amide bonds. The molecule has 0 saturated heterocycles. The summed E-state index contributed by atoms with van der Waals surface area (Å²) in [6, 6.07) is 4.24. The maximum Gasteiger partial charge on any atom is 0.162 e. The van der Waals surface area contributed by atoms with Crippen LogP contribution < -0.4 is 5.32 Å². The molecular weight excluding hydrogens is 292 g/mol. The fraction of sp³-hybridized carbons (Fsp3) is 0.500. The second-order valence-electron chi connectivity index (χ2n) is 4.59. The summed E-state index contributed by atoms with van der Waals surface area (Å²) in [6.07, 6.45) is 4.75. The molecule has 1 unspecified atom stereocenters. The van der Waals surface area contributed by atoms with E-state index in [4.69, 9.17) is 9.52 Å². The van der Waals surface area contributed by atoms with E-state index in [0.29, 0.717) is 6.04 Å². The average molecular weight is 312 g/mol. The molecule has 0 aliphatic carbocycles. The normalized spacial score (nSPS) is 12.8. The Morgan fingerprint density at radius 1 is 1.50 bits per heavy atom. The number of aliphatic hydroxyl groups excluding tert-OH is 1. The van der Waals surface area contributed by atoms with Crippen LogP contribution in [0, 0.1) is 6.92 Å². The highest BCUT2D eigenvalue weighted by Gasteiger charge is 2.10. The number of aliphatic hydroxyl groups is 1. The fourth-order valence-electron chi connectivity index (χ4n) is 1.90. The summed E-state index contributed by atoms with van der Waals surface area (Å²) in [4.78, 5) is 5.58. The number of nitrogens with one attached hydrogen (secondary N) is 1. The minimum atomic E-state index is 0.220. The van der Waals surface area contributed by atoms with Gasteiger partial charge in [-0.3, -0.25) is 0 Å². The van der Waals surface area contributed by atoms with E-state index < -0.39 is 0 Å². The Hall–Kier alpha value is -0.820. The molecule has 1 atom stereocenters. The first-order chi connectivity index (χ1) is 9.72. The van der Waals surface area contributed by atoms with Gasteiger partial charge >= 0.3 is 0 Å². The standard InChI is InChI=1S/C14H20N2O2S2/c1-10-3-4-13(18-10)14-16-8-12(20-14)7-15-11(5-6-17)9-19-2/h3-4,8,11,15,17H,5-7,9H2,1-2H3. The molecule has 0 radical (unpaired) electrons. The third kappa shape index (κ3) is 4.34. The van der Waals surface area contributed by atoms with Gasteiger partial charge < -0.3 is 14.8 Å². The lowest BCUT2D eigenvalue weighted by Gasteiger charge is -2.15. The molecule has 0 aromatic carbocycles. The molecule has 2 heterocycles. The Kier molecular flexibility index (Phi) is 6.09. The van der Waals surface area contributed by atoms with Crippen molar-refractivity contribution >= 4 is 23.1 Å². The lowest BCUT2D eigenvalue weighted by atomic mass is 10.2. The van der Waals surface area contributed by atoms with E-state index in [1.807, 2.05) is 25.3 Å². The maximum absolute atomic E-state index is 9.04. The molecular formula is C14H20N2O2S2. The molecule has 6 heteroatoms. The third-order valence-electron chi connectivity index (χ3n) is 2.92. The molecule has 0 aliphatic rings. The van der Waals surface area contributed by atoms with Crippen LogP contribution in [0.15, 0.2) is 22.7 Å². The van der Waals surface area contributed by atoms with E-state index in [9.17, 15) is 0 Å². The second kappa shape index (κ2) is 7.83. The van der Waals surface area contributed by atoms with Gasteiger partial charge in [-0.15, -0.1) is 11.3 Å². The highest BCUT2D eigenvalue weighted by molar-refractivity contribution is 7.98. The minimum absolute atomic E-state index is 0.220. The van der Waals surface area contributed by atoms with Crippen LogP contribution in [-0.4, -0.2) is 34.7 Å². The van der Waals surface area contributed by atoms with Crippen LogP contribution in [0.1, 0.15) is 17.1 Å². The lowest BCUT2D eigenvalue weighted by Crippen LogP contribution is -2.31. The third-order valence-corrected chi connectivity index (χ3v) is 4.66. The Balaban J connectivity index is 1.92. The monoisotopic (exact) mass is 312 g/mol. The van der Waals surface area contributed by atoms with Crippen LogP contribution in [0.4, 0.5) is 0 Å². The van der Waals surface area contributed by atoms with Crippen LogP contribution in [-0.2, 0) is 6.54 Å². The predicted octanol–water partition coefficient (Wildman–Crippen LogP) is 2.92. The molecule has 2 aromatic rings. The zero-order valence-electron chi connectivity index (χ0n) is 11.8. The van der Waals surface area contributed by atoms with Crippen molar-refractivity contribution in [3.63, 3.8) is 0 Å². The van der Waals surface area contributed by atoms with E-state index in [-0.39, 0.29) is 6.61 Å². The summed E-state index contributed by atoms with van der Waals surface area (Å²) in [7, 11) is 0. The van der Waals surface area contributed by atoms with E-state index in [0.717, 1.165) is 35.2 Å². The smallest absolute Gasteiger partial charge is 0.162 e. The molecule has 0 bridgehead atoms. The van der Waals surface area contributed by atoms with Crippen molar-refractivity contribution in [3.8, 4) is 10.8 Å². The first-order valence-electron chi connectivity index (χ1n) is 6.57. The number of hydrogen-bond donors (Lipinski definition) is 2. The average Bonchev–Trinajstić information content (AvgIpc) is 3.05. The van der Waals surface area contributed by atoms with Crippen LogP contribution in [0.2, 0.25) is 0 Å². The molecule has 2 N–H and O–H groups in total. The van der Waals surface area contributed by atoms with Crippen molar-refractivity contribution < 1.29 is 9.52 Å². The molecule has 0 spiro atoms. The molecule has 4 nitrogen and oxygen atoms in total. The molecule has 0 fully saturated rings. The maximum atomic E-state index is 9.04. The molecule has 0 saturated carbocycles. The fourth-order valence-corrected chi connectivity index (χ4v) is 3.41. The predicted molar refractivity (Wildman–Crippen MR) is 85.3 cm³/mol. The SMILES string of the molecule is CSCC(CCO)NCc1cnc(-c2ccc(C)o2)s1. The number of furan rings is 1. The van der Waals surface area contributed by atoms with Crippen LogP contribution in [0.25, 0.3) is 10.8 Å². The van der Waals surface area contributed by atoms with Gasteiger partial charge in [0.2, 0.25) is 0 Å². The molecule has 0 aliphatic heterocycles. The van der Waals surface area contributed by atoms with Gasteiger partial charge in [-0.1, -0.05) is 0 Å². The lowest BCUT2D eigenvalue weighted by molar-refractivity contribution is 0.270. The van der Waals surface area contributed by atoms with Crippen molar-refractivity contribution in [2.24, 2.45) is 0 Å². The van der Waals surface area contributed by atoms with Gasteiger partial charge in [-0.2, -0.15) is 11.8 Å². The summed E-state index contributed by atoms with van der Waals surface area (Å²) < 4.78 is 5.58. The zero-order valence-corrected chi connectivity index (χ0v) is 13.4. The van der Waals surface area contributed by atoms with E-state index in [1.54, 1.807) is 23.1 Å². The Morgan fingerprint density at radius 3 is 3.00 bits per heavy atom. The molecule has 110 valence electrons. The number of aromatic nitrogens is 1. The van der Waals surface area contributed by atoms with Crippen LogP contribution >= 0.6 is 23.1 Å². The van der Waals surface area contributed by atoms with Gasteiger partial charge in [-0.05, 0) is 31.7 Å². The molecule has 20 heavy (non-hydrogen) atoms. The van der Waals surface area contributed by atoms with Crippen LogP contribution in [0.3, 0.4) is 0 Å². The van der Waals surface area contributed by atoms with Gasteiger partial charge in [0.15, 0.2) is 10.8 Å². The second-order valence-corrected chi connectivity index (χ2v) is 6.61. The summed E-state index contributed by atoms with van der Waals surface area (Å²) in [5.41, 5.74) is 0. The first kappa shape index (κ1) is 15.6. The largest absolute Gasteiger partial charge is 0.459 e. The zero-order chi connectivity index (χ0) is 14.4. The summed E-state index contributed by atoms with van der Waals surface area (Å²) in [5.74, 6) is 2.73. The summed E-state index contributed by atoms with van der Waals surface area (Å²) >= 11 is 3.43. The van der Waals surface area contributed by atoms with Crippen LogP contribution in [0.5, 0.6) is 0 Å². The Labute approximate surface area is 127 Å². The van der Waals surface area contributed by atoms with Crippen molar-refractivity contribution in [1.82, 2.24) is 10.3 Å². The summed E-state index contributed by atoms with van der Waals surface area (Å²) in [5, 5.41) is 13.4. The van der Waals surface area contributed by atoms with Gasteiger partial charge in [-0.25, -0.2) is 4.98 Å². The Morgan fingerprint density at radius 2 is 2.35 bits per heavy atom. The topological polar surface area (TPSA) is 58.3 Å². The summed E-state index contributed by atoms with van der Waals surface area (Å²) in [6.45, 7) is 2.93. The highest BCUT2D eigenvalue weighted by atomic mass is 32.2. The quantitative estimate of drug-likeness (QED) is 0.785. The van der Waals surface area contributed by atoms with Gasteiger partial charge in [0.1, 0.15) is 5.76 Å². The van der Waals surface area contributed by atoms with Gasteiger partial charge in [0.05, 0.1) is 0 Å². The number of rotatable bonds is 8. The van der Waals surface area contributed by atoms with Crippen molar-refractivity contribution in [1.29, 1.82) is 0 Å². The molecule has 2 aromatic heterocycles. The molecule has 2 rings (SSSR count). The first-order valence-corrected chi connectivity index (χ1v) is 8.78. The van der Waals surface area contributed by atoms with E-state index in [1.165, 1.54) is 4.88 Å². The number of thiazole rings is 1. The highest BCUT2D eigenvalue weighted by Crippen LogP contribution is 2.26. The van der Waals surface area contributed by atoms with E-state index in [2.05, 4.69) is 16.6 Å². The minimum Gasteiger partial charge on any atom is -0.459 e. The van der Waals surface area contributed by atoms with Crippen molar-refractivity contribution in [3.05, 3.63) is 29.0 Å². The van der Waals surface area contributed by atoms with E-state index >= 15 is 0 Å². The van der Waals surface area contributed by atoms with Crippen molar-refractivity contribution in [2.45, 2.75) is 25.9 Å². The number of hydrogen-bond acceptors (Lipinski definition) is 6. The van der Waals surface area contributed by atoms with Gasteiger partial charge in [0.25, 0.3) is 0 Å². The number of thioether (sulfide) groups is 1. The Bertz CT molecular complexity index is 519. The number of nitrogens with zero attached hydrogens (tertiary/aromatic N) is 1. The van der Waals surface area contributed by atoms with Gasteiger partial charge in [0, 0.05) is 36.0 Å².